The molecule has 2 aromatic rings. The molecular weight excluding hydrogens is 466 g/mol. The minimum atomic E-state index is -4.65. The molecule has 0 bridgehead atoms. The number of hydrogen-bond acceptors (Lipinski definition) is 8. The number of benzene rings is 1. The predicted octanol–water partition coefficient (Wildman–Crippen LogP) is 2.85. The Bertz CT molecular complexity index is 1080. The summed E-state index contributed by atoms with van der Waals surface area (Å²) in [4.78, 5) is 24.8. The number of aliphatic imine (C=N–C) groups is 1. The quantitative estimate of drug-likeness (QED) is 0.627. The lowest BCUT2D eigenvalue weighted by Crippen LogP contribution is -2.46. The van der Waals surface area contributed by atoms with Gasteiger partial charge in [-0.3, -0.25) is 9.78 Å². The fourth-order valence-corrected chi connectivity index (χ4v) is 4.95. The van der Waals surface area contributed by atoms with Gasteiger partial charge in [-0.2, -0.15) is 13.2 Å². The number of carbonyl (C=O) groups is 1. The first kappa shape index (κ1) is 23.4. The summed E-state index contributed by atoms with van der Waals surface area (Å²) in [5.41, 5.74) is 4.67. The Morgan fingerprint density at radius 2 is 2.15 bits per heavy atom. The third-order valence-electron chi connectivity index (χ3n) is 5.43. The monoisotopic (exact) mass is 485 g/mol. The maximum absolute atomic E-state index is 14.9. The van der Waals surface area contributed by atoms with Crippen LogP contribution in [0.2, 0.25) is 0 Å². The van der Waals surface area contributed by atoms with E-state index >= 15 is 0 Å². The number of nitrogens with two attached hydrogens (primary N) is 1. The van der Waals surface area contributed by atoms with E-state index in [4.69, 9.17) is 15.2 Å². The fourth-order valence-electron chi connectivity index (χ4n) is 3.92. The van der Waals surface area contributed by atoms with Crippen molar-refractivity contribution in [1.82, 2.24) is 9.97 Å². The van der Waals surface area contributed by atoms with E-state index in [0.717, 1.165) is 17.8 Å². The van der Waals surface area contributed by atoms with E-state index < -0.39 is 42.1 Å². The Morgan fingerprint density at radius 3 is 2.82 bits per heavy atom. The van der Waals surface area contributed by atoms with Crippen molar-refractivity contribution in [2.75, 3.05) is 24.8 Å². The van der Waals surface area contributed by atoms with Crippen LogP contribution in [-0.4, -0.2) is 52.8 Å². The number of anilines is 1. The van der Waals surface area contributed by atoms with Gasteiger partial charge in [0.15, 0.2) is 11.3 Å². The van der Waals surface area contributed by atoms with E-state index in [-0.39, 0.29) is 34.5 Å². The first-order valence-corrected chi connectivity index (χ1v) is 10.7. The van der Waals surface area contributed by atoms with Crippen molar-refractivity contribution in [2.45, 2.75) is 24.4 Å². The molecule has 1 aromatic heterocycles. The summed E-state index contributed by atoms with van der Waals surface area (Å²) in [7, 11) is 1.49. The molecule has 8 nitrogen and oxygen atoms in total. The summed E-state index contributed by atoms with van der Waals surface area (Å²) in [6.45, 7) is -0.272. The van der Waals surface area contributed by atoms with Crippen LogP contribution in [-0.2, 0) is 21.6 Å². The Kier molecular flexibility index (Phi) is 6.29. The maximum Gasteiger partial charge on any atom is 0.415 e. The van der Waals surface area contributed by atoms with Crippen LogP contribution in [0.4, 0.5) is 23.2 Å². The molecule has 1 aromatic carbocycles. The molecule has 33 heavy (non-hydrogen) atoms. The zero-order chi connectivity index (χ0) is 23.8. The Morgan fingerprint density at radius 1 is 1.36 bits per heavy atom. The third-order valence-corrected chi connectivity index (χ3v) is 6.34. The number of methoxy groups -OCH3 is 1. The largest absolute Gasteiger partial charge is 0.415 e. The lowest BCUT2D eigenvalue weighted by molar-refractivity contribution is -0.215. The van der Waals surface area contributed by atoms with Crippen LogP contribution in [0, 0.1) is 11.7 Å². The molecule has 0 spiro atoms. The third kappa shape index (κ3) is 4.52. The van der Waals surface area contributed by atoms with Crippen molar-refractivity contribution in [3.63, 3.8) is 0 Å². The highest BCUT2D eigenvalue weighted by Crippen LogP contribution is 2.52. The molecule has 3 heterocycles. The predicted molar refractivity (Wildman–Crippen MR) is 112 cm³/mol. The second kappa shape index (κ2) is 8.88. The molecule has 13 heteroatoms. The Labute approximate surface area is 190 Å². The van der Waals surface area contributed by atoms with E-state index in [1.165, 1.54) is 31.6 Å². The number of aromatic nitrogens is 2. The zero-order valence-corrected chi connectivity index (χ0v) is 18.0. The fraction of sp³-hybridized carbons (Fsp3) is 0.400. The Hall–Kier alpha value is -2.77. The van der Waals surface area contributed by atoms with Gasteiger partial charge in [-0.15, -0.1) is 0 Å². The number of rotatable bonds is 5. The number of ether oxygens (including phenoxy) is 2. The summed E-state index contributed by atoms with van der Waals surface area (Å²) >= 11 is 0.962. The topological polar surface area (TPSA) is 112 Å². The molecule has 0 radical (unpaired) electrons. The van der Waals surface area contributed by atoms with Gasteiger partial charge in [-0.25, -0.2) is 14.4 Å². The van der Waals surface area contributed by atoms with E-state index in [0.29, 0.717) is 5.69 Å². The van der Waals surface area contributed by atoms with Gasteiger partial charge in [0, 0.05) is 30.0 Å². The molecule has 0 aliphatic carbocycles. The lowest BCUT2D eigenvalue weighted by atomic mass is 9.78. The van der Waals surface area contributed by atoms with Gasteiger partial charge in [0.05, 0.1) is 31.3 Å². The summed E-state index contributed by atoms with van der Waals surface area (Å²) in [5, 5.41) is 2.60. The molecule has 3 atom stereocenters. The maximum atomic E-state index is 14.9. The molecule has 2 aliphatic rings. The van der Waals surface area contributed by atoms with E-state index in [2.05, 4.69) is 20.3 Å². The van der Waals surface area contributed by atoms with Gasteiger partial charge >= 0.3 is 6.18 Å². The number of fused-ring (bicyclic) bond motifs is 1. The highest BCUT2D eigenvalue weighted by molar-refractivity contribution is 8.13. The average molecular weight is 485 g/mol. The number of amides is 1. The summed E-state index contributed by atoms with van der Waals surface area (Å²) in [5.74, 6) is -2.64. The summed E-state index contributed by atoms with van der Waals surface area (Å²) in [6, 6.07) is 3.59. The van der Waals surface area contributed by atoms with E-state index in [1.54, 1.807) is 0 Å². The van der Waals surface area contributed by atoms with E-state index in [1.807, 2.05) is 0 Å². The second-order valence-corrected chi connectivity index (χ2v) is 8.58. The van der Waals surface area contributed by atoms with Gasteiger partial charge in [0.2, 0.25) is 0 Å². The van der Waals surface area contributed by atoms with Gasteiger partial charge in [-0.05, 0) is 18.2 Å². The average Bonchev–Trinajstić information content (AvgIpc) is 3.15. The van der Waals surface area contributed by atoms with Gasteiger partial charge in [-0.1, -0.05) is 11.8 Å². The minimum Gasteiger partial charge on any atom is -0.379 e. The molecule has 2 aliphatic heterocycles. The van der Waals surface area contributed by atoms with Crippen LogP contribution in [0.3, 0.4) is 0 Å². The highest BCUT2D eigenvalue weighted by atomic mass is 32.2. The number of nitrogens with zero attached hydrogens (tertiary/aromatic N) is 3. The molecule has 3 unspecified atom stereocenters. The molecular formula is C20H19F4N5O3S. The summed E-state index contributed by atoms with van der Waals surface area (Å²) < 4.78 is 65.5. The van der Waals surface area contributed by atoms with Gasteiger partial charge in [0.1, 0.15) is 17.1 Å². The molecule has 1 saturated heterocycles. The molecule has 0 saturated carbocycles. The number of amidine groups is 1. The highest BCUT2D eigenvalue weighted by Gasteiger charge is 2.62. The molecule has 176 valence electrons. The number of nitrogens with one attached hydrogen (secondary N) is 1. The first-order valence-electron chi connectivity index (χ1n) is 9.72. The Balaban J connectivity index is 1.65. The van der Waals surface area contributed by atoms with Crippen LogP contribution < -0.4 is 11.1 Å². The normalized spacial score (nSPS) is 24.8. The van der Waals surface area contributed by atoms with Crippen LogP contribution in [0.25, 0.3) is 0 Å². The van der Waals surface area contributed by atoms with E-state index in [9.17, 15) is 22.4 Å². The standard InChI is InChI=1S/C20H19F4N5O3S/c1-31-7-11-5-27-15(6-26-11)17(30)28-10-2-3-14(21)12(4-10)19-9-32-16(20(22,23)24)13(19)8-33-18(25)29-19/h2-6,13,16H,7-9H2,1H3,(H2,25,29)(H,28,30). The number of halogens is 4. The smallest absolute Gasteiger partial charge is 0.379 e. The minimum absolute atomic E-state index is 0.00515. The van der Waals surface area contributed by atoms with Crippen molar-refractivity contribution < 1.29 is 31.8 Å². The van der Waals surface area contributed by atoms with Crippen molar-refractivity contribution in [1.29, 1.82) is 0 Å². The lowest BCUT2D eigenvalue weighted by Gasteiger charge is -2.36. The molecule has 4 rings (SSSR count). The van der Waals surface area contributed by atoms with Crippen LogP contribution >= 0.6 is 11.8 Å². The van der Waals surface area contributed by atoms with Gasteiger partial charge < -0.3 is 20.5 Å². The molecule has 1 amide bonds. The van der Waals surface area contributed by atoms with Crippen LogP contribution in [0.15, 0.2) is 35.6 Å². The number of carbonyl (C=O) groups excluding carboxylic acids is 1. The number of alkyl halides is 3. The van der Waals surface area contributed by atoms with Crippen molar-refractivity contribution in [3.05, 3.63) is 53.4 Å². The van der Waals surface area contributed by atoms with Crippen LogP contribution in [0.5, 0.6) is 0 Å². The number of thioether (sulfide) groups is 1. The van der Waals surface area contributed by atoms with Crippen molar-refractivity contribution >= 4 is 28.5 Å². The SMILES string of the molecule is COCc1cnc(C(=O)Nc2ccc(F)c(C34COC(C(F)(F)F)C3CSC(N)=N4)c2)cn1. The van der Waals surface area contributed by atoms with Crippen molar-refractivity contribution in [3.8, 4) is 0 Å². The number of hydrogen-bond donors (Lipinski definition) is 2. The van der Waals surface area contributed by atoms with Crippen LogP contribution in [0.1, 0.15) is 21.7 Å². The van der Waals surface area contributed by atoms with Gasteiger partial charge in [0.25, 0.3) is 5.91 Å². The molecule has 3 N–H and O–H groups in total. The van der Waals surface area contributed by atoms with Crippen molar-refractivity contribution in [2.24, 2.45) is 16.6 Å². The molecule has 1 fully saturated rings. The zero-order valence-electron chi connectivity index (χ0n) is 17.2. The second-order valence-electron chi connectivity index (χ2n) is 7.54. The first-order chi connectivity index (χ1) is 15.6. The summed E-state index contributed by atoms with van der Waals surface area (Å²) in [6.07, 6.45) is -4.13.